The SMILES string of the molecule is CC1=C(C(N)=O)[C@H](c2ccccc2)N=C(SCc2ccc([N+](=O)[O-])cc2)N1. The van der Waals surface area contributed by atoms with Gasteiger partial charge in [0, 0.05) is 23.6 Å². The molecule has 0 radical (unpaired) electrons. The summed E-state index contributed by atoms with van der Waals surface area (Å²) in [4.78, 5) is 26.9. The number of carbonyl (C=O) groups is 1. The number of nitrogens with two attached hydrogens (primary N) is 1. The van der Waals surface area contributed by atoms with E-state index >= 15 is 0 Å². The van der Waals surface area contributed by atoms with Crippen LogP contribution in [0.1, 0.15) is 24.1 Å². The van der Waals surface area contributed by atoms with Crippen molar-refractivity contribution < 1.29 is 9.72 Å². The van der Waals surface area contributed by atoms with E-state index in [4.69, 9.17) is 5.73 Å². The number of thioether (sulfide) groups is 1. The third-order valence-corrected chi connectivity index (χ3v) is 5.08. The van der Waals surface area contributed by atoms with E-state index in [1.165, 1.54) is 23.9 Å². The van der Waals surface area contributed by atoms with Gasteiger partial charge in [-0.2, -0.15) is 0 Å². The van der Waals surface area contributed by atoms with Gasteiger partial charge in [-0.3, -0.25) is 14.9 Å². The Kier molecular flexibility index (Phi) is 5.56. The fourth-order valence-electron chi connectivity index (χ4n) is 2.78. The molecule has 0 saturated carbocycles. The van der Waals surface area contributed by atoms with E-state index in [1.807, 2.05) is 30.3 Å². The molecule has 0 aliphatic carbocycles. The summed E-state index contributed by atoms with van der Waals surface area (Å²) in [7, 11) is 0. The highest BCUT2D eigenvalue weighted by Gasteiger charge is 2.27. The minimum atomic E-state index is -0.503. The number of nitro benzene ring substituents is 1. The second-order valence-electron chi connectivity index (χ2n) is 5.99. The summed E-state index contributed by atoms with van der Waals surface area (Å²) in [6, 6.07) is 15.5. The zero-order chi connectivity index (χ0) is 19.4. The van der Waals surface area contributed by atoms with Gasteiger partial charge in [-0.15, -0.1) is 0 Å². The van der Waals surface area contributed by atoms with E-state index in [2.05, 4.69) is 10.3 Å². The Morgan fingerprint density at radius 2 is 1.89 bits per heavy atom. The van der Waals surface area contributed by atoms with E-state index in [-0.39, 0.29) is 5.69 Å². The first-order valence-electron chi connectivity index (χ1n) is 8.22. The van der Waals surface area contributed by atoms with Crippen LogP contribution in [0, 0.1) is 10.1 Å². The number of nitrogens with one attached hydrogen (secondary N) is 1. The van der Waals surface area contributed by atoms with Crippen molar-refractivity contribution in [3.8, 4) is 0 Å². The zero-order valence-electron chi connectivity index (χ0n) is 14.6. The number of carbonyl (C=O) groups excluding carboxylic acids is 1. The molecule has 2 aromatic rings. The van der Waals surface area contributed by atoms with E-state index in [0.717, 1.165) is 11.1 Å². The van der Waals surface area contributed by atoms with Crippen LogP contribution in [-0.4, -0.2) is 16.0 Å². The summed E-state index contributed by atoms with van der Waals surface area (Å²) in [6.45, 7) is 1.80. The summed E-state index contributed by atoms with van der Waals surface area (Å²) in [5.74, 6) is 0.0851. The quantitative estimate of drug-likeness (QED) is 0.609. The number of amides is 1. The first kappa shape index (κ1) is 18.7. The first-order valence-corrected chi connectivity index (χ1v) is 9.20. The van der Waals surface area contributed by atoms with Gasteiger partial charge in [-0.1, -0.05) is 54.2 Å². The molecule has 2 aromatic carbocycles. The number of rotatable bonds is 5. The molecule has 1 aliphatic rings. The van der Waals surface area contributed by atoms with Gasteiger partial charge >= 0.3 is 0 Å². The highest BCUT2D eigenvalue weighted by Crippen LogP contribution is 2.32. The lowest BCUT2D eigenvalue weighted by molar-refractivity contribution is -0.384. The predicted octanol–water partition coefficient (Wildman–Crippen LogP) is 3.29. The van der Waals surface area contributed by atoms with Crippen LogP contribution in [0.5, 0.6) is 0 Å². The maximum atomic E-state index is 11.9. The van der Waals surface area contributed by atoms with Crippen LogP contribution in [0.4, 0.5) is 5.69 Å². The summed E-state index contributed by atoms with van der Waals surface area (Å²) >= 11 is 1.46. The fourth-order valence-corrected chi connectivity index (χ4v) is 3.68. The predicted molar refractivity (Wildman–Crippen MR) is 106 cm³/mol. The Balaban J connectivity index is 1.79. The van der Waals surface area contributed by atoms with Gasteiger partial charge in [0.15, 0.2) is 5.17 Å². The van der Waals surface area contributed by atoms with Crippen molar-refractivity contribution in [3.63, 3.8) is 0 Å². The molecule has 0 aromatic heterocycles. The van der Waals surface area contributed by atoms with E-state index < -0.39 is 16.9 Å². The van der Waals surface area contributed by atoms with Crippen molar-refractivity contribution >= 4 is 28.5 Å². The Bertz CT molecular complexity index is 924. The Morgan fingerprint density at radius 3 is 2.48 bits per heavy atom. The smallest absolute Gasteiger partial charge is 0.269 e. The first-order chi connectivity index (χ1) is 13.0. The summed E-state index contributed by atoms with van der Waals surface area (Å²) in [5.41, 5.74) is 8.58. The third kappa shape index (κ3) is 4.35. The highest BCUT2D eigenvalue weighted by atomic mass is 32.2. The number of nitrogens with zero attached hydrogens (tertiary/aromatic N) is 2. The lowest BCUT2D eigenvalue weighted by Crippen LogP contribution is -2.32. The zero-order valence-corrected chi connectivity index (χ0v) is 15.4. The van der Waals surface area contributed by atoms with Gasteiger partial charge in [0.25, 0.3) is 5.69 Å². The molecule has 1 heterocycles. The van der Waals surface area contributed by atoms with Crippen LogP contribution in [0.3, 0.4) is 0 Å². The molecule has 7 nitrogen and oxygen atoms in total. The molecule has 0 unspecified atom stereocenters. The standard InChI is InChI=1S/C19H18N4O3S/c1-12-16(18(20)24)17(14-5-3-2-4-6-14)22-19(21-12)27-11-13-7-9-15(10-8-13)23(25)26/h2-10,17H,11H2,1H3,(H2,20,24)(H,21,22)/t17-/m0/s1. The number of hydrogen-bond acceptors (Lipinski definition) is 6. The number of nitro groups is 1. The average Bonchev–Trinajstić information content (AvgIpc) is 2.66. The van der Waals surface area contributed by atoms with Crippen molar-refractivity contribution in [3.05, 3.63) is 87.1 Å². The molecular weight excluding hydrogens is 364 g/mol. The van der Waals surface area contributed by atoms with Crippen LogP contribution in [0.15, 0.2) is 70.9 Å². The van der Waals surface area contributed by atoms with Gasteiger partial charge in [0.05, 0.1) is 10.5 Å². The number of benzene rings is 2. The molecule has 138 valence electrons. The van der Waals surface area contributed by atoms with Crippen LogP contribution < -0.4 is 11.1 Å². The number of aliphatic imine (C=N–C) groups is 1. The van der Waals surface area contributed by atoms with Crippen molar-refractivity contribution in [1.82, 2.24) is 5.32 Å². The van der Waals surface area contributed by atoms with Gasteiger partial charge in [-0.05, 0) is 18.1 Å². The second kappa shape index (κ2) is 8.05. The van der Waals surface area contributed by atoms with Crippen molar-refractivity contribution in [2.75, 3.05) is 0 Å². The van der Waals surface area contributed by atoms with Crippen LogP contribution in [0.25, 0.3) is 0 Å². The number of non-ortho nitro benzene ring substituents is 1. The maximum Gasteiger partial charge on any atom is 0.269 e. The average molecular weight is 382 g/mol. The van der Waals surface area contributed by atoms with E-state index in [1.54, 1.807) is 19.1 Å². The molecule has 1 atom stereocenters. The number of amidine groups is 1. The third-order valence-electron chi connectivity index (χ3n) is 4.12. The normalized spacial score (nSPS) is 16.5. The maximum absolute atomic E-state index is 11.9. The lowest BCUT2D eigenvalue weighted by atomic mass is 9.96. The Morgan fingerprint density at radius 1 is 1.22 bits per heavy atom. The van der Waals surface area contributed by atoms with Gasteiger partial charge in [-0.25, -0.2) is 4.99 Å². The highest BCUT2D eigenvalue weighted by molar-refractivity contribution is 8.13. The van der Waals surface area contributed by atoms with Gasteiger partial charge < -0.3 is 11.1 Å². The monoisotopic (exact) mass is 382 g/mol. The van der Waals surface area contributed by atoms with Gasteiger partial charge in [0.2, 0.25) is 5.91 Å². The van der Waals surface area contributed by atoms with Crippen LogP contribution in [0.2, 0.25) is 0 Å². The summed E-state index contributed by atoms with van der Waals surface area (Å²) in [5, 5.41) is 14.5. The number of hydrogen-bond donors (Lipinski definition) is 2. The lowest BCUT2D eigenvalue weighted by Gasteiger charge is -2.25. The summed E-state index contributed by atoms with van der Waals surface area (Å²) < 4.78 is 0. The van der Waals surface area contributed by atoms with Crippen molar-refractivity contribution in [1.29, 1.82) is 0 Å². The number of primary amides is 1. The molecular formula is C19H18N4O3S. The molecule has 8 heteroatoms. The van der Waals surface area contributed by atoms with Gasteiger partial charge in [0.1, 0.15) is 6.04 Å². The topological polar surface area (TPSA) is 111 Å². The molecule has 27 heavy (non-hydrogen) atoms. The van der Waals surface area contributed by atoms with E-state index in [9.17, 15) is 14.9 Å². The van der Waals surface area contributed by atoms with Crippen LogP contribution in [-0.2, 0) is 10.5 Å². The molecule has 1 amide bonds. The minimum absolute atomic E-state index is 0.0610. The molecule has 1 aliphatic heterocycles. The van der Waals surface area contributed by atoms with Crippen LogP contribution >= 0.6 is 11.8 Å². The largest absolute Gasteiger partial charge is 0.366 e. The fraction of sp³-hybridized carbons (Fsp3) is 0.158. The van der Waals surface area contributed by atoms with Crippen molar-refractivity contribution in [2.24, 2.45) is 10.7 Å². The molecule has 3 N–H and O–H groups in total. The minimum Gasteiger partial charge on any atom is -0.366 e. The Labute approximate surface area is 160 Å². The molecule has 0 saturated heterocycles. The van der Waals surface area contributed by atoms with E-state index in [0.29, 0.717) is 22.2 Å². The molecule has 0 fully saturated rings. The van der Waals surface area contributed by atoms with Crippen molar-refractivity contribution in [2.45, 2.75) is 18.7 Å². The summed E-state index contributed by atoms with van der Waals surface area (Å²) in [6.07, 6.45) is 0. The molecule has 0 bridgehead atoms. The Hall–Kier alpha value is -3.13. The molecule has 0 spiro atoms. The number of allylic oxidation sites excluding steroid dienone is 1. The second-order valence-corrected chi connectivity index (χ2v) is 6.95. The molecule has 3 rings (SSSR count).